The third kappa shape index (κ3) is 3.86. The average molecular weight is 429 g/mol. The molecular weight excluding hydrogens is 410 g/mol. The van der Waals surface area contributed by atoms with Crippen molar-refractivity contribution >= 4 is 21.8 Å². The Morgan fingerprint density at radius 3 is 2.40 bits per heavy atom. The lowest BCUT2D eigenvalue weighted by Crippen LogP contribution is -2.15. The van der Waals surface area contributed by atoms with Gasteiger partial charge in [-0.15, -0.1) is 5.10 Å². The number of sulfone groups is 1. The van der Waals surface area contributed by atoms with Crippen molar-refractivity contribution in [1.82, 2.24) is 10.2 Å². The van der Waals surface area contributed by atoms with Gasteiger partial charge in [-0.25, -0.2) is 8.42 Å². The average Bonchev–Trinajstić information content (AvgIpc) is 3.21. The molecule has 0 spiro atoms. The lowest BCUT2D eigenvalue weighted by atomic mass is 10.2. The zero-order valence-corrected chi connectivity index (χ0v) is 17.1. The van der Waals surface area contributed by atoms with Gasteiger partial charge in [0, 0.05) is 11.1 Å². The van der Waals surface area contributed by atoms with Crippen molar-refractivity contribution in [2.45, 2.75) is 24.0 Å². The number of ether oxygens (including phenoxy) is 2. The van der Waals surface area contributed by atoms with E-state index < -0.39 is 21.0 Å². The Bertz CT molecular complexity index is 1190. The van der Waals surface area contributed by atoms with E-state index in [9.17, 15) is 13.2 Å². The van der Waals surface area contributed by atoms with E-state index in [1.807, 2.05) is 0 Å². The van der Waals surface area contributed by atoms with Gasteiger partial charge in [0.2, 0.25) is 5.89 Å². The summed E-state index contributed by atoms with van der Waals surface area (Å²) in [6.07, 6.45) is 0. The molecule has 4 rings (SSSR count). The monoisotopic (exact) mass is 429 g/mol. The van der Waals surface area contributed by atoms with Crippen molar-refractivity contribution in [1.29, 1.82) is 0 Å². The molecule has 0 aliphatic carbocycles. The van der Waals surface area contributed by atoms with E-state index in [2.05, 4.69) is 15.5 Å². The van der Waals surface area contributed by atoms with Crippen molar-refractivity contribution < 1.29 is 27.1 Å². The summed E-state index contributed by atoms with van der Waals surface area (Å²) >= 11 is 0. The molecule has 0 radical (unpaired) electrons. The zero-order valence-electron chi connectivity index (χ0n) is 16.3. The number of nitrogens with zero attached hydrogens (tertiary/aromatic N) is 2. The number of carbonyl (C=O) groups excluding carboxylic acids is 1. The van der Waals surface area contributed by atoms with Gasteiger partial charge in [-0.2, -0.15) is 0 Å². The van der Waals surface area contributed by atoms with Gasteiger partial charge in [0.05, 0.1) is 10.1 Å². The minimum absolute atomic E-state index is 0.0798. The van der Waals surface area contributed by atoms with Crippen LogP contribution in [0.3, 0.4) is 0 Å². The normalized spacial score (nSPS) is 13.3. The second kappa shape index (κ2) is 7.79. The van der Waals surface area contributed by atoms with Gasteiger partial charge >= 0.3 is 6.01 Å². The first-order valence-corrected chi connectivity index (χ1v) is 10.8. The topological polar surface area (TPSA) is 121 Å². The Balaban J connectivity index is 1.48. The van der Waals surface area contributed by atoms with Crippen molar-refractivity contribution in [3.63, 3.8) is 0 Å². The van der Waals surface area contributed by atoms with Crippen molar-refractivity contribution in [2.24, 2.45) is 0 Å². The number of hydrogen-bond acceptors (Lipinski definition) is 8. The number of fused-ring (bicyclic) bond motifs is 1. The van der Waals surface area contributed by atoms with E-state index >= 15 is 0 Å². The number of carbonyl (C=O) groups is 1. The van der Waals surface area contributed by atoms with Crippen LogP contribution in [-0.2, 0) is 9.84 Å². The Hall–Kier alpha value is -3.40. The van der Waals surface area contributed by atoms with Crippen LogP contribution in [0.5, 0.6) is 11.5 Å². The number of rotatable bonds is 5. The molecule has 0 fully saturated rings. The van der Waals surface area contributed by atoms with Gasteiger partial charge < -0.3 is 13.9 Å². The van der Waals surface area contributed by atoms with Crippen LogP contribution in [0, 0.1) is 0 Å². The van der Waals surface area contributed by atoms with Crippen LogP contribution in [0.25, 0.3) is 11.5 Å². The van der Waals surface area contributed by atoms with Crippen LogP contribution >= 0.6 is 0 Å². The summed E-state index contributed by atoms with van der Waals surface area (Å²) in [6.45, 7) is 4.15. The van der Waals surface area contributed by atoms with Crippen LogP contribution in [0.1, 0.15) is 24.2 Å². The Morgan fingerprint density at radius 2 is 1.70 bits per heavy atom. The van der Waals surface area contributed by atoms with Crippen LogP contribution in [0.15, 0.2) is 51.8 Å². The summed E-state index contributed by atoms with van der Waals surface area (Å²) in [5.74, 6) is 0.932. The molecule has 1 N–H and O–H groups in total. The first-order valence-electron chi connectivity index (χ1n) is 9.23. The fourth-order valence-corrected chi connectivity index (χ4v) is 3.86. The second-order valence-electron chi connectivity index (χ2n) is 6.84. The molecule has 0 atom stereocenters. The number of benzene rings is 2. The Kier molecular flexibility index (Phi) is 5.17. The van der Waals surface area contributed by atoms with Crippen LogP contribution in [-0.4, -0.2) is 43.0 Å². The van der Waals surface area contributed by atoms with E-state index in [4.69, 9.17) is 13.9 Å². The molecule has 30 heavy (non-hydrogen) atoms. The molecule has 2 heterocycles. The van der Waals surface area contributed by atoms with Crippen LogP contribution in [0.2, 0.25) is 0 Å². The summed E-state index contributed by atoms with van der Waals surface area (Å²) < 4.78 is 40.9. The molecule has 3 aromatic rings. The third-order valence-electron chi connectivity index (χ3n) is 4.50. The lowest BCUT2D eigenvalue weighted by molar-refractivity contribution is 0.102. The molecule has 0 saturated carbocycles. The minimum atomic E-state index is -3.40. The number of hydrogen-bond donors (Lipinski definition) is 1. The quantitative estimate of drug-likeness (QED) is 0.657. The molecule has 10 heteroatoms. The fraction of sp³-hybridized carbons (Fsp3) is 0.250. The lowest BCUT2D eigenvalue weighted by Gasteiger charge is -2.18. The molecule has 1 aliphatic heterocycles. The third-order valence-corrected chi connectivity index (χ3v) is 6.67. The highest BCUT2D eigenvalue weighted by molar-refractivity contribution is 7.92. The highest BCUT2D eigenvalue weighted by Gasteiger charge is 2.20. The zero-order chi connectivity index (χ0) is 21.3. The minimum Gasteiger partial charge on any atom is -0.486 e. The molecular formula is C20H19N3O6S. The van der Waals surface area contributed by atoms with E-state index in [-0.39, 0.29) is 22.4 Å². The summed E-state index contributed by atoms with van der Waals surface area (Å²) in [7, 11) is -3.40. The van der Waals surface area contributed by atoms with E-state index in [1.165, 1.54) is 24.3 Å². The van der Waals surface area contributed by atoms with Crippen LogP contribution < -0.4 is 14.8 Å². The van der Waals surface area contributed by atoms with Gasteiger partial charge in [0.25, 0.3) is 5.91 Å². The van der Waals surface area contributed by atoms with E-state index in [1.54, 1.807) is 32.0 Å². The highest BCUT2D eigenvalue weighted by Crippen LogP contribution is 2.34. The van der Waals surface area contributed by atoms with E-state index in [0.29, 0.717) is 30.3 Å². The first-order chi connectivity index (χ1) is 14.3. The van der Waals surface area contributed by atoms with E-state index in [0.717, 1.165) is 0 Å². The number of amides is 1. The van der Waals surface area contributed by atoms with Crippen LogP contribution in [0.4, 0.5) is 6.01 Å². The summed E-state index contributed by atoms with van der Waals surface area (Å²) in [5, 5.41) is 9.73. The smallest absolute Gasteiger partial charge is 0.322 e. The Labute approximate surface area is 172 Å². The maximum atomic E-state index is 12.4. The highest BCUT2D eigenvalue weighted by atomic mass is 32.2. The van der Waals surface area contributed by atoms with Crippen molar-refractivity contribution in [2.75, 3.05) is 18.5 Å². The largest absolute Gasteiger partial charge is 0.486 e. The Morgan fingerprint density at radius 1 is 1.00 bits per heavy atom. The molecule has 9 nitrogen and oxygen atoms in total. The molecule has 0 unspecified atom stereocenters. The number of aromatic nitrogens is 2. The molecule has 2 aromatic carbocycles. The maximum absolute atomic E-state index is 12.4. The summed E-state index contributed by atoms with van der Waals surface area (Å²) in [6, 6.07) is 10.8. The van der Waals surface area contributed by atoms with Gasteiger partial charge in [-0.1, -0.05) is 5.10 Å². The molecule has 0 saturated heterocycles. The van der Waals surface area contributed by atoms with Gasteiger partial charge in [0.1, 0.15) is 13.2 Å². The molecule has 0 bridgehead atoms. The molecule has 156 valence electrons. The number of nitrogens with one attached hydrogen (secondary N) is 1. The molecule has 1 aromatic heterocycles. The van der Waals surface area contributed by atoms with Crippen molar-refractivity contribution in [3.8, 4) is 23.0 Å². The first kappa shape index (κ1) is 19.9. The standard InChI is InChI=1S/C20H19N3O6S/c1-12(2)30(25,26)15-6-3-13(4-7-15)18(24)21-20-23-22-19(29-20)14-5-8-16-17(11-14)28-10-9-27-16/h3-8,11-12H,9-10H2,1-2H3,(H,21,23,24). The molecule has 1 amide bonds. The predicted octanol–water partition coefficient (Wildman–Crippen LogP) is 2.94. The second-order valence-corrected chi connectivity index (χ2v) is 9.35. The number of anilines is 1. The fourth-order valence-electron chi connectivity index (χ4n) is 2.80. The van der Waals surface area contributed by atoms with Gasteiger partial charge in [0.15, 0.2) is 21.3 Å². The van der Waals surface area contributed by atoms with Crippen molar-refractivity contribution in [3.05, 3.63) is 48.0 Å². The summed E-state index contributed by atoms with van der Waals surface area (Å²) in [4.78, 5) is 12.6. The molecule has 1 aliphatic rings. The SMILES string of the molecule is CC(C)S(=O)(=O)c1ccc(C(=O)Nc2nnc(-c3ccc4c(c3)OCCO4)o2)cc1. The summed E-state index contributed by atoms with van der Waals surface area (Å²) in [5.41, 5.74) is 0.882. The maximum Gasteiger partial charge on any atom is 0.322 e. The van der Waals surface area contributed by atoms with Gasteiger partial charge in [-0.05, 0) is 56.3 Å². The predicted molar refractivity (Wildman–Crippen MR) is 107 cm³/mol. The van der Waals surface area contributed by atoms with Gasteiger partial charge in [-0.3, -0.25) is 10.1 Å².